The second-order valence-corrected chi connectivity index (χ2v) is 3.10. The van der Waals surface area contributed by atoms with Crippen molar-refractivity contribution in [2.45, 2.75) is 6.61 Å². The van der Waals surface area contributed by atoms with Gasteiger partial charge in [0.2, 0.25) is 0 Å². The van der Waals surface area contributed by atoms with E-state index in [9.17, 15) is 4.79 Å². The van der Waals surface area contributed by atoms with E-state index in [-0.39, 0.29) is 12.5 Å². The first kappa shape index (κ1) is 9.18. The van der Waals surface area contributed by atoms with E-state index in [1.807, 2.05) is 0 Å². The molecule has 14 heavy (non-hydrogen) atoms. The van der Waals surface area contributed by atoms with E-state index in [1.165, 1.54) is 0 Å². The maximum atomic E-state index is 10.7. The van der Waals surface area contributed by atoms with Crippen LogP contribution in [0.3, 0.4) is 0 Å². The Hall–Kier alpha value is -1.39. The predicted molar refractivity (Wildman–Crippen MR) is 50.1 cm³/mol. The number of carbonyl (C=O) groups excluding carboxylic acids is 1. The molecule has 0 atom stereocenters. The van der Waals surface area contributed by atoms with Gasteiger partial charge in [-0.2, -0.15) is 0 Å². The van der Waals surface area contributed by atoms with Gasteiger partial charge in [-0.15, -0.1) is 0 Å². The van der Waals surface area contributed by atoms with Crippen molar-refractivity contribution in [2.24, 2.45) is 0 Å². The zero-order valence-electron chi connectivity index (χ0n) is 7.03. The minimum Gasteiger partial charge on any atom is -0.433 e. The van der Waals surface area contributed by atoms with Crippen molar-refractivity contribution in [3.05, 3.63) is 29.7 Å². The first-order valence-corrected chi connectivity index (χ1v) is 4.28. The Balaban J connectivity index is 2.60. The minimum absolute atomic E-state index is 0.0825. The Morgan fingerprint density at radius 1 is 1.57 bits per heavy atom. The standard InChI is InChI=1S/C9H6ClNO3/c10-8(13)9-11-6-2-1-5(4-12)3-7(6)14-9/h1-3,12H,4H2. The van der Waals surface area contributed by atoms with Gasteiger partial charge in [0.25, 0.3) is 5.89 Å². The van der Waals surface area contributed by atoms with Crippen LogP contribution in [0.4, 0.5) is 0 Å². The summed E-state index contributed by atoms with van der Waals surface area (Å²) in [7, 11) is 0. The summed E-state index contributed by atoms with van der Waals surface area (Å²) in [5.74, 6) is -0.128. The monoisotopic (exact) mass is 211 g/mol. The molecule has 0 aliphatic carbocycles. The lowest BCUT2D eigenvalue weighted by Gasteiger charge is -1.92. The fourth-order valence-corrected chi connectivity index (χ4v) is 1.23. The zero-order valence-corrected chi connectivity index (χ0v) is 7.78. The number of aliphatic hydroxyl groups excluding tert-OH is 1. The Morgan fingerprint density at radius 2 is 2.36 bits per heavy atom. The van der Waals surface area contributed by atoms with Gasteiger partial charge in [0, 0.05) is 0 Å². The zero-order chi connectivity index (χ0) is 10.1. The smallest absolute Gasteiger partial charge is 0.307 e. The van der Waals surface area contributed by atoms with Gasteiger partial charge in [-0.1, -0.05) is 6.07 Å². The maximum Gasteiger partial charge on any atom is 0.307 e. The van der Waals surface area contributed by atoms with Crippen LogP contribution in [0.25, 0.3) is 11.1 Å². The number of hydrogen-bond donors (Lipinski definition) is 1. The Labute approximate surface area is 84.1 Å². The largest absolute Gasteiger partial charge is 0.433 e. The van der Waals surface area contributed by atoms with Crippen LogP contribution in [-0.2, 0) is 6.61 Å². The van der Waals surface area contributed by atoms with Crippen LogP contribution in [0.15, 0.2) is 22.6 Å². The molecule has 0 aliphatic heterocycles. The predicted octanol–water partition coefficient (Wildman–Crippen LogP) is 1.70. The Bertz CT molecular complexity index is 492. The summed E-state index contributed by atoms with van der Waals surface area (Å²) in [5.41, 5.74) is 1.69. The van der Waals surface area contributed by atoms with Crippen LogP contribution in [-0.4, -0.2) is 15.3 Å². The fourth-order valence-electron chi connectivity index (χ4n) is 1.15. The molecule has 72 valence electrons. The summed E-state index contributed by atoms with van der Waals surface area (Å²) in [6, 6.07) is 4.98. The third-order valence-corrected chi connectivity index (χ3v) is 1.97. The molecule has 1 heterocycles. The summed E-state index contributed by atoms with van der Waals surface area (Å²) in [5, 5.41) is 8.13. The summed E-state index contributed by atoms with van der Waals surface area (Å²) >= 11 is 5.20. The molecule has 2 rings (SSSR count). The van der Waals surface area contributed by atoms with Crippen molar-refractivity contribution in [2.75, 3.05) is 0 Å². The van der Waals surface area contributed by atoms with Gasteiger partial charge in [0.15, 0.2) is 5.58 Å². The van der Waals surface area contributed by atoms with Crippen molar-refractivity contribution in [3.63, 3.8) is 0 Å². The minimum atomic E-state index is -0.730. The SMILES string of the molecule is O=C(Cl)c1nc2ccc(CO)cc2o1. The number of rotatable bonds is 2. The quantitative estimate of drug-likeness (QED) is 0.768. The van der Waals surface area contributed by atoms with Gasteiger partial charge >= 0.3 is 5.24 Å². The van der Waals surface area contributed by atoms with Gasteiger partial charge < -0.3 is 9.52 Å². The molecular formula is C9H6ClNO3. The Morgan fingerprint density at radius 3 is 3.00 bits per heavy atom. The number of aliphatic hydroxyl groups is 1. The molecule has 0 unspecified atom stereocenters. The van der Waals surface area contributed by atoms with Crippen molar-refractivity contribution < 1.29 is 14.3 Å². The number of fused-ring (bicyclic) bond motifs is 1. The normalized spacial score (nSPS) is 10.7. The van der Waals surface area contributed by atoms with E-state index in [1.54, 1.807) is 18.2 Å². The van der Waals surface area contributed by atoms with Crippen LogP contribution >= 0.6 is 11.6 Å². The first-order chi connectivity index (χ1) is 6.70. The fraction of sp³-hybridized carbons (Fsp3) is 0.111. The van der Waals surface area contributed by atoms with Crippen LogP contribution in [0, 0.1) is 0 Å². The molecule has 0 amide bonds. The highest BCUT2D eigenvalue weighted by atomic mass is 35.5. The lowest BCUT2D eigenvalue weighted by molar-refractivity contribution is 0.105. The van der Waals surface area contributed by atoms with Crippen LogP contribution in [0.1, 0.15) is 16.2 Å². The molecule has 1 aromatic heterocycles. The second-order valence-electron chi connectivity index (χ2n) is 2.75. The lowest BCUT2D eigenvalue weighted by Crippen LogP contribution is -1.85. The highest BCUT2D eigenvalue weighted by Gasteiger charge is 2.11. The molecule has 0 radical (unpaired) electrons. The van der Waals surface area contributed by atoms with Crippen molar-refractivity contribution in [3.8, 4) is 0 Å². The molecule has 1 N–H and O–H groups in total. The van der Waals surface area contributed by atoms with Crippen molar-refractivity contribution in [1.82, 2.24) is 4.98 Å². The van der Waals surface area contributed by atoms with Crippen molar-refractivity contribution >= 4 is 27.9 Å². The molecule has 0 fully saturated rings. The number of aromatic nitrogens is 1. The molecule has 5 heteroatoms. The van der Waals surface area contributed by atoms with E-state index in [0.717, 1.165) is 0 Å². The molecule has 4 nitrogen and oxygen atoms in total. The van der Waals surface area contributed by atoms with E-state index in [4.69, 9.17) is 21.1 Å². The molecule has 0 aliphatic rings. The molecule has 0 bridgehead atoms. The van der Waals surface area contributed by atoms with Crippen molar-refractivity contribution in [1.29, 1.82) is 0 Å². The molecular weight excluding hydrogens is 206 g/mol. The highest BCUT2D eigenvalue weighted by Crippen LogP contribution is 2.18. The van der Waals surface area contributed by atoms with Crippen LogP contribution in [0.5, 0.6) is 0 Å². The van der Waals surface area contributed by atoms with Gasteiger partial charge in [-0.25, -0.2) is 4.98 Å². The summed E-state index contributed by atoms with van der Waals surface area (Å²) in [6.45, 7) is -0.0825. The van der Waals surface area contributed by atoms with Gasteiger partial charge in [-0.3, -0.25) is 4.79 Å². The average Bonchev–Trinajstić information content (AvgIpc) is 2.59. The van der Waals surface area contributed by atoms with E-state index in [2.05, 4.69) is 4.98 Å². The second kappa shape index (κ2) is 3.40. The average molecular weight is 212 g/mol. The van der Waals surface area contributed by atoms with Gasteiger partial charge in [-0.05, 0) is 29.3 Å². The number of benzene rings is 1. The third-order valence-electron chi connectivity index (χ3n) is 1.80. The van der Waals surface area contributed by atoms with Crippen LogP contribution < -0.4 is 0 Å². The van der Waals surface area contributed by atoms with Gasteiger partial charge in [0.05, 0.1) is 6.61 Å². The summed E-state index contributed by atoms with van der Waals surface area (Å²) < 4.78 is 5.07. The molecule has 0 saturated carbocycles. The maximum absolute atomic E-state index is 10.7. The number of carbonyl (C=O) groups is 1. The molecule has 0 saturated heterocycles. The van der Waals surface area contributed by atoms with E-state index >= 15 is 0 Å². The number of nitrogens with zero attached hydrogens (tertiary/aromatic N) is 1. The third kappa shape index (κ3) is 1.49. The highest BCUT2D eigenvalue weighted by molar-refractivity contribution is 6.67. The topological polar surface area (TPSA) is 63.3 Å². The molecule has 2 aromatic rings. The lowest BCUT2D eigenvalue weighted by atomic mass is 10.2. The van der Waals surface area contributed by atoms with Crippen LogP contribution in [0.2, 0.25) is 0 Å². The number of halogens is 1. The number of hydrogen-bond acceptors (Lipinski definition) is 4. The van der Waals surface area contributed by atoms with E-state index in [0.29, 0.717) is 16.7 Å². The molecule has 0 spiro atoms. The Kier molecular flexibility index (Phi) is 2.23. The molecule has 1 aromatic carbocycles. The van der Waals surface area contributed by atoms with Gasteiger partial charge in [0.1, 0.15) is 5.52 Å². The summed E-state index contributed by atoms with van der Waals surface area (Å²) in [6.07, 6.45) is 0. The van der Waals surface area contributed by atoms with E-state index < -0.39 is 5.24 Å². The number of oxazole rings is 1. The first-order valence-electron chi connectivity index (χ1n) is 3.91. The summed E-state index contributed by atoms with van der Waals surface area (Å²) in [4.78, 5) is 14.6.